The first-order valence-electron chi connectivity index (χ1n) is 7.35. The van der Waals surface area contributed by atoms with E-state index in [1.165, 1.54) is 0 Å². The van der Waals surface area contributed by atoms with Crippen molar-refractivity contribution < 1.29 is 9.53 Å². The van der Waals surface area contributed by atoms with Crippen LogP contribution in [-0.2, 0) is 4.74 Å². The third-order valence-corrected chi connectivity index (χ3v) is 3.43. The van der Waals surface area contributed by atoms with Crippen LogP contribution in [0.4, 0.5) is 5.69 Å². The van der Waals surface area contributed by atoms with Crippen molar-refractivity contribution in [1.29, 1.82) is 0 Å². The fraction of sp³-hybridized carbons (Fsp3) is 0.600. The standard InChI is InChI=1S/C15H23N3O2/c1-3-16-12-7-8-17-14(10-12)15(19)18-9-5-6-13(11-18)20-4-2/h7-8,10,13H,3-6,9,11H2,1-2H3,(H,16,17). The van der Waals surface area contributed by atoms with Crippen molar-refractivity contribution in [3.8, 4) is 0 Å². The predicted octanol–water partition coefficient (Wildman–Crippen LogP) is 2.15. The number of rotatable bonds is 5. The second-order valence-electron chi connectivity index (χ2n) is 4.93. The maximum absolute atomic E-state index is 12.5. The van der Waals surface area contributed by atoms with Gasteiger partial charge in [0.05, 0.1) is 6.10 Å². The second kappa shape index (κ2) is 7.24. The number of pyridine rings is 1. The van der Waals surface area contributed by atoms with E-state index in [1.807, 2.05) is 30.9 Å². The van der Waals surface area contributed by atoms with Crippen LogP contribution in [0.2, 0.25) is 0 Å². The number of carbonyl (C=O) groups is 1. The Kier molecular flexibility index (Phi) is 5.35. The van der Waals surface area contributed by atoms with Gasteiger partial charge >= 0.3 is 0 Å². The number of piperidine rings is 1. The highest BCUT2D eigenvalue weighted by Crippen LogP contribution is 2.16. The minimum Gasteiger partial charge on any atom is -0.385 e. The smallest absolute Gasteiger partial charge is 0.272 e. The molecule has 1 atom stereocenters. The lowest BCUT2D eigenvalue weighted by atomic mass is 10.1. The normalized spacial score (nSPS) is 18.9. The minimum absolute atomic E-state index is 0.00541. The number of hydrogen-bond acceptors (Lipinski definition) is 4. The Bertz CT molecular complexity index is 448. The van der Waals surface area contributed by atoms with E-state index in [-0.39, 0.29) is 12.0 Å². The van der Waals surface area contributed by atoms with Gasteiger partial charge in [0.1, 0.15) is 5.69 Å². The zero-order valence-corrected chi connectivity index (χ0v) is 12.3. The first-order valence-corrected chi connectivity index (χ1v) is 7.35. The highest BCUT2D eigenvalue weighted by Gasteiger charge is 2.25. The van der Waals surface area contributed by atoms with Crippen LogP contribution in [0.25, 0.3) is 0 Å². The Labute approximate surface area is 120 Å². The molecule has 1 aromatic heterocycles. The van der Waals surface area contributed by atoms with Gasteiger partial charge in [0.2, 0.25) is 0 Å². The Balaban J connectivity index is 2.04. The zero-order valence-electron chi connectivity index (χ0n) is 12.3. The van der Waals surface area contributed by atoms with Gasteiger partial charge in [-0.2, -0.15) is 0 Å². The summed E-state index contributed by atoms with van der Waals surface area (Å²) in [4.78, 5) is 18.5. The monoisotopic (exact) mass is 277 g/mol. The van der Waals surface area contributed by atoms with Crippen LogP contribution in [0.5, 0.6) is 0 Å². The van der Waals surface area contributed by atoms with Gasteiger partial charge in [-0.25, -0.2) is 0 Å². The molecule has 1 N–H and O–H groups in total. The lowest BCUT2D eigenvalue weighted by Gasteiger charge is -2.32. The van der Waals surface area contributed by atoms with E-state index in [4.69, 9.17) is 4.74 Å². The number of nitrogens with zero attached hydrogens (tertiary/aromatic N) is 2. The van der Waals surface area contributed by atoms with Gasteiger partial charge < -0.3 is 15.0 Å². The summed E-state index contributed by atoms with van der Waals surface area (Å²) in [6, 6.07) is 3.69. The molecule has 1 aliphatic heterocycles. The van der Waals surface area contributed by atoms with Gasteiger partial charge in [-0.05, 0) is 38.8 Å². The van der Waals surface area contributed by atoms with Gasteiger partial charge in [-0.3, -0.25) is 9.78 Å². The van der Waals surface area contributed by atoms with E-state index in [9.17, 15) is 4.79 Å². The second-order valence-corrected chi connectivity index (χ2v) is 4.93. The summed E-state index contributed by atoms with van der Waals surface area (Å²) >= 11 is 0. The number of aromatic nitrogens is 1. The molecule has 2 rings (SSSR count). The van der Waals surface area contributed by atoms with Crippen molar-refractivity contribution in [2.75, 3.05) is 31.6 Å². The molecule has 0 bridgehead atoms. The summed E-state index contributed by atoms with van der Waals surface area (Å²) in [5.74, 6) is -0.00541. The molecule has 0 aromatic carbocycles. The lowest BCUT2D eigenvalue weighted by Crippen LogP contribution is -2.43. The van der Waals surface area contributed by atoms with Crippen LogP contribution >= 0.6 is 0 Å². The molecule has 1 unspecified atom stereocenters. The fourth-order valence-corrected chi connectivity index (χ4v) is 2.52. The van der Waals surface area contributed by atoms with Gasteiger partial charge in [-0.15, -0.1) is 0 Å². The molecule has 5 nitrogen and oxygen atoms in total. The van der Waals surface area contributed by atoms with Crippen LogP contribution in [0.1, 0.15) is 37.2 Å². The summed E-state index contributed by atoms with van der Waals surface area (Å²) < 4.78 is 5.63. The third kappa shape index (κ3) is 3.70. The molecule has 1 saturated heterocycles. The van der Waals surface area contributed by atoms with E-state index >= 15 is 0 Å². The number of likely N-dealkylation sites (tertiary alicyclic amines) is 1. The quantitative estimate of drug-likeness (QED) is 0.896. The topological polar surface area (TPSA) is 54.5 Å². The van der Waals surface area contributed by atoms with E-state index in [0.717, 1.165) is 31.6 Å². The van der Waals surface area contributed by atoms with Gasteiger partial charge in [0, 0.05) is 38.1 Å². The summed E-state index contributed by atoms with van der Waals surface area (Å²) in [6.07, 6.45) is 3.86. The SMILES string of the molecule is CCNc1ccnc(C(=O)N2CCCC(OCC)C2)c1. The Morgan fingerprint density at radius 3 is 3.15 bits per heavy atom. The van der Waals surface area contributed by atoms with Gasteiger partial charge in [0.25, 0.3) is 5.91 Å². The fourth-order valence-electron chi connectivity index (χ4n) is 2.52. The van der Waals surface area contributed by atoms with Crippen LogP contribution in [0, 0.1) is 0 Å². The van der Waals surface area contributed by atoms with Crippen LogP contribution in [0.3, 0.4) is 0 Å². The maximum atomic E-state index is 12.5. The van der Waals surface area contributed by atoms with Crippen LogP contribution < -0.4 is 5.32 Å². The molecule has 5 heteroatoms. The zero-order chi connectivity index (χ0) is 14.4. The molecule has 1 fully saturated rings. The number of carbonyl (C=O) groups excluding carboxylic acids is 1. The molecular formula is C15H23N3O2. The van der Waals surface area contributed by atoms with Crippen molar-refractivity contribution in [2.45, 2.75) is 32.8 Å². The summed E-state index contributed by atoms with van der Waals surface area (Å²) in [5, 5.41) is 3.20. The van der Waals surface area contributed by atoms with Crippen molar-refractivity contribution >= 4 is 11.6 Å². The average molecular weight is 277 g/mol. The molecular weight excluding hydrogens is 254 g/mol. The molecule has 1 aliphatic rings. The molecule has 110 valence electrons. The predicted molar refractivity (Wildman–Crippen MR) is 79.0 cm³/mol. The van der Waals surface area contributed by atoms with Crippen LogP contribution in [-0.4, -0.2) is 48.1 Å². The van der Waals surface area contributed by atoms with Gasteiger partial charge in [0.15, 0.2) is 0 Å². The van der Waals surface area contributed by atoms with E-state index in [2.05, 4.69) is 10.3 Å². The molecule has 1 aromatic rings. The Morgan fingerprint density at radius 2 is 2.40 bits per heavy atom. The summed E-state index contributed by atoms with van der Waals surface area (Å²) in [5.41, 5.74) is 1.44. The molecule has 20 heavy (non-hydrogen) atoms. The number of nitrogens with one attached hydrogen (secondary N) is 1. The number of hydrogen-bond donors (Lipinski definition) is 1. The van der Waals surface area contributed by atoms with E-state index < -0.39 is 0 Å². The van der Waals surface area contributed by atoms with Crippen molar-refractivity contribution in [3.05, 3.63) is 24.0 Å². The summed E-state index contributed by atoms with van der Waals surface area (Å²) in [7, 11) is 0. The highest BCUT2D eigenvalue weighted by molar-refractivity contribution is 5.93. The molecule has 2 heterocycles. The molecule has 0 saturated carbocycles. The summed E-state index contributed by atoms with van der Waals surface area (Å²) in [6.45, 7) is 6.99. The van der Waals surface area contributed by atoms with E-state index in [0.29, 0.717) is 18.8 Å². The first kappa shape index (κ1) is 14.8. The third-order valence-electron chi connectivity index (χ3n) is 3.43. The highest BCUT2D eigenvalue weighted by atomic mass is 16.5. The Hall–Kier alpha value is -1.62. The minimum atomic E-state index is -0.00541. The van der Waals surface area contributed by atoms with Gasteiger partial charge in [-0.1, -0.05) is 0 Å². The van der Waals surface area contributed by atoms with Crippen molar-refractivity contribution in [3.63, 3.8) is 0 Å². The number of ether oxygens (including phenoxy) is 1. The Morgan fingerprint density at radius 1 is 1.55 bits per heavy atom. The molecule has 0 radical (unpaired) electrons. The number of anilines is 1. The van der Waals surface area contributed by atoms with Crippen LogP contribution in [0.15, 0.2) is 18.3 Å². The first-order chi connectivity index (χ1) is 9.74. The molecule has 0 spiro atoms. The average Bonchev–Trinajstić information content (AvgIpc) is 2.48. The van der Waals surface area contributed by atoms with Crippen molar-refractivity contribution in [1.82, 2.24) is 9.88 Å². The lowest BCUT2D eigenvalue weighted by molar-refractivity contribution is 0.00703. The maximum Gasteiger partial charge on any atom is 0.272 e. The molecule has 0 aliphatic carbocycles. The molecule has 1 amide bonds. The number of amides is 1. The largest absolute Gasteiger partial charge is 0.385 e. The van der Waals surface area contributed by atoms with Crippen molar-refractivity contribution in [2.24, 2.45) is 0 Å². The van der Waals surface area contributed by atoms with E-state index in [1.54, 1.807) is 6.20 Å².